The largest absolute Gasteiger partial charge is 0.312 e. The molecule has 0 aromatic carbocycles. The van der Waals surface area contributed by atoms with Gasteiger partial charge in [0.2, 0.25) is 0 Å². The van der Waals surface area contributed by atoms with Crippen LogP contribution in [0.25, 0.3) is 0 Å². The van der Waals surface area contributed by atoms with E-state index in [2.05, 4.69) is 24.1 Å². The van der Waals surface area contributed by atoms with Gasteiger partial charge in [0.25, 0.3) is 0 Å². The van der Waals surface area contributed by atoms with Crippen LogP contribution in [-0.4, -0.2) is 36.6 Å². The van der Waals surface area contributed by atoms with Crippen LogP contribution in [-0.2, 0) is 0 Å². The Morgan fingerprint density at radius 2 is 1.85 bits per heavy atom. The van der Waals surface area contributed by atoms with Gasteiger partial charge in [-0.3, -0.25) is 4.90 Å². The molecule has 1 aliphatic heterocycles. The van der Waals surface area contributed by atoms with Crippen LogP contribution < -0.4 is 5.32 Å². The molecular weight excluding hydrogens is 244 g/mol. The molecule has 2 aliphatic carbocycles. The minimum atomic E-state index is 0.801. The van der Waals surface area contributed by atoms with Crippen LogP contribution in [0.2, 0.25) is 0 Å². The van der Waals surface area contributed by atoms with Crippen molar-refractivity contribution < 1.29 is 0 Å². The van der Waals surface area contributed by atoms with Crippen LogP contribution in [0.3, 0.4) is 0 Å². The van der Waals surface area contributed by atoms with Crippen LogP contribution >= 0.6 is 0 Å². The van der Waals surface area contributed by atoms with Crippen molar-refractivity contribution in [2.45, 2.75) is 77.3 Å². The van der Waals surface area contributed by atoms with Crippen molar-refractivity contribution in [3.8, 4) is 0 Å². The summed E-state index contributed by atoms with van der Waals surface area (Å²) in [5, 5.41) is 3.86. The average Bonchev–Trinajstić information content (AvgIpc) is 3.12. The maximum Gasteiger partial charge on any atom is 0.0226 e. The molecule has 2 heteroatoms. The van der Waals surface area contributed by atoms with E-state index in [9.17, 15) is 0 Å². The predicted octanol–water partition coefficient (Wildman–Crippen LogP) is 3.67. The Morgan fingerprint density at radius 1 is 1.05 bits per heavy atom. The zero-order valence-electron chi connectivity index (χ0n) is 13.6. The lowest BCUT2D eigenvalue weighted by Gasteiger charge is -2.33. The number of hydrogen-bond donors (Lipinski definition) is 1. The summed E-state index contributed by atoms with van der Waals surface area (Å²) in [5.41, 5.74) is 0. The van der Waals surface area contributed by atoms with Crippen molar-refractivity contribution in [3.05, 3.63) is 0 Å². The lowest BCUT2D eigenvalue weighted by atomic mass is 9.93. The van der Waals surface area contributed by atoms with E-state index < -0.39 is 0 Å². The minimum Gasteiger partial charge on any atom is -0.312 e. The minimum absolute atomic E-state index is 0.801. The van der Waals surface area contributed by atoms with E-state index in [1.807, 2.05) is 0 Å². The van der Waals surface area contributed by atoms with E-state index >= 15 is 0 Å². The Balaban J connectivity index is 1.57. The second-order valence-corrected chi connectivity index (χ2v) is 7.99. The normalized spacial score (nSPS) is 34.5. The second-order valence-electron chi connectivity index (χ2n) is 7.99. The Kier molecular flexibility index (Phi) is 5.04. The van der Waals surface area contributed by atoms with Gasteiger partial charge < -0.3 is 5.32 Å². The molecule has 3 rings (SSSR count). The van der Waals surface area contributed by atoms with Gasteiger partial charge >= 0.3 is 0 Å². The fraction of sp³-hybridized carbons (Fsp3) is 1.00. The first kappa shape index (κ1) is 14.8. The van der Waals surface area contributed by atoms with Gasteiger partial charge in [0, 0.05) is 18.6 Å². The maximum atomic E-state index is 3.86. The number of rotatable bonds is 6. The molecule has 1 N–H and O–H groups in total. The van der Waals surface area contributed by atoms with Crippen LogP contribution in [0.4, 0.5) is 0 Å². The Morgan fingerprint density at radius 3 is 2.60 bits per heavy atom. The van der Waals surface area contributed by atoms with Crippen molar-refractivity contribution >= 4 is 0 Å². The van der Waals surface area contributed by atoms with Gasteiger partial charge in [0.1, 0.15) is 0 Å². The van der Waals surface area contributed by atoms with Crippen LogP contribution in [0.15, 0.2) is 0 Å². The molecule has 0 radical (unpaired) electrons. The second kappa shape index (κ2) is 6.79. The summed E-state index contributed by atoms with van der Waals surface area (Å²) in [6.07, 6.45) is 11.7. The fourth-order valence-electron chi connectivity index (χ4n) is 4.87. The highest BCUT2D eigenvalue weighted by atomic mass is 15.2. The summed E-state index contributed by atoms with van der Waals surface area (Å²) in [4.78, 5) is 2.87. The molecule has 3 fully saturated rings. The predicted molar refractivity (Wildman–Crippen MR) is 85.9 cm³/mol. The first-order chi connectivity index (χ1) is 9.74. The van der Waals surface area contributed by atoms with Gasteiger partial charge in [-0.25, -0.2) is 0 Å². The maximum absolute atomic E-state index is 3.86. The first-order valence-corrected chi connectivity index (χ1v) is 9.21. The summed E-state index contributed by atoms with van der Waals surface area (Å²) in [5.74, 6) is 2.85. The molecule has 3 atom stereocenters. The van der Waals surface area contributed by atoms with Gasteiger partial charge in [0.05, 0.1) is 0 Å². The molecule has 1 heterocycles. The lowest BCUT2D eigenvalue weighted by molar-refractivity contribution is 0.160. The third-order valence-corrected chi connectivity index (χ3v) is 6.14. The number of nitrogens with one attached hydrogen (secondary N) is 1. The van der Waals surface area contributed by atoms with Crippen molar-refractivity contribution in [3.63, 3.8) is 0 Å². The standard InChI is InChI=1S/C18H34N2/c1-14(2)10-11-20(16-7-3-4-8-16)13-18-17-9-5-6-15(17)12-19-18/h14-19H,3-13H2,1-2H3. The highest BCUT2D eigenvalue weighted by Gasteiger charge is 2.40. The van der Waals surface area contributed by atoms with Crippen molar-refractivity contribution in [2.75, 3.05) is 19.6 Å². The Bertz CT molecular complexity index is 296. The van der Waals surface area contributed by atoms with E-state index in [4.69, 9.17) is 0 Å². The molecule has 0 spiro atoms. The highest BCUT2D eigenvalue weighted by molar-refractivity contribution is 4.96. The lowest BCUT2D eigenvalue weighted by Crippen LogP contribution is -2.45. The SMILES string of the molecule is CC(C)CCN(CC1NCC2CCCC21)C1CCCC1. The highest BCUT2D eigenvalue weighted by Crippen LogP contribution is 2.38. The van der Waals surface area contributed by atoms with Gasteiger partial charge in [-0.2, -0.15) is 0 Å². The Labute approximate surface area is 125 Å². The third-order valence-electron chi connectivity index (χ3n) is 6.14. The van der Waals surface area contributed by atoms with Crippen LogP contribution in [0, 0.1) is 17.8 Å². The van der Waals surface area contributed by atoms with E-state index in [1.165, 1.54) is 71.0 Å². The third kappa shape index (κ3) is 3.39. The van der Waals surface area contributed by atoms with E-state index in [-0.39, 0.29) is 0 Å². The Hall–Kier alpha value is -0.0800. The van der Waals surface area contributed by atoms with Crippen molar-refractivity contribution in [2.24, 2.45) is 17.8 Å². The zero-order valence-corrected chi connectivity index (χ0v) is 13.6. The van der Waals surface area contributed by atoms with Crippen molar-refractivity contribution in [1.29, 1.82) is 0 Å². The van der Waals surface area contributed by atoms with E-state index in [1.54, 1.807) is 0 Å². The fourth-order valence-corrected chi connectivity index (χ4v) is 4.87. The number of nitrogens with zero attached hydrogens (tertiary/aromatic N) is 1. The van der Waals surface area contributed by atoms with Crippen LogP contribution in [0.1, 0.15) is 65.2 Å². The number of hydrogen-bond acceptors (Lipinski definition) is 2. The van der Waals surface area contributed by atoms with Crippen molar-refractivity contribution in [1.82, 2.24) is 10.2 Å². The molecule has 2 saturated carbocycles. The summed E-state index contributed by atoms with van der Waals surface area (Å²) < 4.78 is 0. The molecule has 20 heavy (non-hydrogen) atoms. The molecule has 1 saturated heterocycles. The van der Waals surface area contributed by atoms with E-state index in [0.717, 1.165) is 29.8 Å². The topological polar surface area (TPSA) is 15.3 Å². The molecule has 0 amide bonds. The van der Waals surface area contributed by atoms with Crippen LogP contribution in [0.5, 0.6) is 0 Å². The van der Waals surface area contributed by atoms with Gasteiger partial charge in [0.15, 0.2) is 0 Å². The molecule has 116 valence electrons. The monoisotopic (exact) mass is 278 g/mol. The van der Waals surface area contributed by atoms with Gasteiger partial charge in [-0.1, -0.05) is 33.1 Å². The van der Waals surface area contributed by atoms with E-state index in [0.29, 0.717) is 0 Å². The molecule has 0 bridgehead atoms. The summed E-state index contributed by atoms with van der Waals surface area (Å²) in [7, 11) is 0. The number of fused-ring (bicyclic) bond motifs is 1. The molecule has 3 aliphatic rings. The summed E-state index contributed by atoms with van der Waals surface area (Å²) >= 11 is 0. The quantitative estimate of drug-likeness (QED) is 0.797. The smallest absolute Gasteiger partial charge is 0.0226 e. The molecular formula is C18H34N2. The zero-order chi connectivity index (χ0) is 13.9. The molecule has 0 aromatic rings. The van der Waals surface area contributed by atoms with Gasteiger partial charge in [-0.15, -0.1) is 0 Å². The molecule has 2 nitrogen and oxygen atoms in total. The summed E-state index contributed by atoms with van der Waals surface area (Å²) in [6.45, 7) is 8.70. The average molecular weight is 278 g/mol. The van der Waals surface area contributed by atoms with Gasteiger partial charge in [-0.05, 0) is 62.9 Å². The first-order valence-electron chi connectivity index (χ1n) is 9.21. The molecule has 0 aromatic heterocycles. The summed E-state index contributed by atoms with van der Waals surface area (Å²) in [6, 6.07) is 1.70. The molecule has 3 unspecified atom stereocenters.